The van der Waals surface area contributed by atoms with Gasteiger partial charge in [-0.25, -0.2) is 4.98 Å². The average Bonchev–Trinajstić information content (AvgIpc) is 2.32. The number of nitrogens with zero attached hydrogens (tertiary/aromatic N) is 3. The molecule has 2 aromatic heterocycles. The van der Waals surface area contributed by atoms with Gasteiger partial charge in [-0.2, -0.15) is 4.98 Å². The van der Waals surface area contributed by atoms with Crippen molar-refractivity contribution in [3.05, 3.63) is 41.3 Å². The van der Waals surface area contributed by atoms with Gasteiger partial charge in [-0.05, 0) is 11.6 Å². The quantitative estimate of drug-likeness (QED) is 0.847. The molecule has 0 bridgehead atoms. The third-order valence-corrected chi connectivity index (χ3v) is 2.22. The van der Waals surface area contributed by atoms with Crippen LogP contribution in [0.15, 0.2) is 30.7 Å². The van der Waals surface area contributed by atoms with Crippen LogP contribution < -0.4 is 11.1 Å². The number of rotatable bonds is 3. The molecule has 0 aliphatic carbocycles. The second-order valence-corrected chi connectivity index (χ2v) is 3.55. The molecule has 0 saturated heterocycles. The van der Waals surface area contributed by atoms with Gasteiger partial charge >= 0.3 is 0 Å². The molecule has 0 fully saturated rings. The topological polar surface area (TPSA) is 76.7 Å². The summed E-state index contributed by atoms with van der Waals surface area (Å²) in [5.74, 6) is 0.719. The van der Waals surface area contributed by atoms with Crippen molar-refractivity contribution >= 4 is 23.4 Å². The number of nitrogens with two attached hydrogens (primary N) is 1. The van der Waals surface area contributed by atoms with Crippen LogP contribution in [0.1, 0.15) is 5.56 Å². The Morgan fingerprint density at radius 3 is 3.00 bits per heavy atom. The van der Waals surface area contributed by atoms with E-state index in [4.69, 9.17) is 17.3 Å². The number of nitrogen functional groups attached to an aromatic ring is 1. The number of aromatic nitrogens is 3. The number of pyridine rings is 1. The van der Waals surface area contributed by atoms with Gasteiger partial charge in [0, 0.05) is 18.9 Å². The third-order valence-electron chi connectivity index (χ3n) is 1.95. The van der Waals surface area contributed by atoms with Gasteiger partial charge < -0.3 is 11.1 Å². The monoisotopic (exact) mass is 235 g/mol. The Morgan fingerprint density at radius 2 is 2.25 bits per heavy atom. The lowest BCUT2D eigenvalue weighted by Crippen LogP contribution is -2.04. The first kappa shape index (κ1) is 10.6. The van der Waals surface area contributed by atoms with E-state index in [0.717, 1.165) is 5.56 Å². The summed E-state index contributed by atoms with van der Waals surface area (Å²) in [4.78, 5) is 11.8. The molecule has 0 spiro atoms. The fourth-order valence-corrected chi connectivity index (χ4v) is 1.35. The SMILES string of the molecule is Nc1ncc(Cl)c(NCc2cccnc2)n1. The van der Waals surface area contributed by atoms with Crippen LogP contribution >= 0.6 is 11.6 Å². The summed E-state index contributed by atoms with van der Waals surface area (Å²) >= 11 is 5.90. The van der Waals surface area contributed by atoms with Gasteiger partial charge in [0.25, 0.3) is 0 Å². The molecule has 0 radical (unpaired) electrons. The van der Waals surface area contributed by atoms with Crippen molar-refractivity contribution in [1.82, 2.24) is 15.0 Å². The summed E-state index contributed by atoms with van der Waals surface area (Å²) in [6.07, 6.45) is 4.96. The number of hydrogen-bond donors (Lipinski definition) is 2. The molecule has 82 valence electrons. The molecule has 0 atom stereocenters. The lowest BCUT2D eigenvalue weighted by atomic mass is 10.3. The van der Waals surface area contributed by atoms with Crippen LogP contribution in [0.4, 0.5) is 11.8 Å². The highest BCUT2D eigenvalue weighted by Crippen LogP contribution is 2.18. The van der Waals surface area contributed by atoms with Crippen LogP contribution in [0, 0.1) is 0 Å². The first-order chi connectivity index (χ1) is 7.75. The van der Waals surface area contributed by atoms with Crippen molar-refractivity contribution in [3.8, 4) is 0 Å². The molecule has 2 heterocycles. The summed E-state index contributed by atoms with van der Waals surface area (Å²) in [5.41, 5.74) is 6.50. The molecule has 2 rings (SSSR count). The van der Waals surface area contributed by atoms with Crippen molar-refractivity contribution in [1.29, 1.82) is 0 Å². The van der Waals surface area contributed by atoms with Gasteiger partial charge in [0.2, 0.25) is 5.95 Å². The highest BCUT2D eigenvalue weighted by atomic mass is 35.5. The van der Waals surface area contributed by atoms with Crippen molar-refractivity contribution in [2.24, 2.45) is 0 Å². The predicted octanol–water partition coefficient (Wildman–Crippen LogP) is 1.72. The molecule has 5 nitrogen and oxygen atoms in total. The molecule has 6 heteroatoms. The Balaban J connectivity index is 2.08. The summed E-state index contributed by atoms with van der Waals surface area (Å²) < 4.78 is 0. The van der Waals surface area contributed by atoms with Crippen LogP contribution in [0.2, 0.25) is 5.02 Å². The van der Waals surface area contributed by atoms with E-state index in [9.17, 15) is 0 Å². The highest BCUT2D eigenvalue weighted by Gasteiger charge is 2.02. The third kappa shape index (κ3) is 2.58. The Bertz CT molecular complexity index is 474. The van der Waals surface area contributed by atoms with Crippen LogP contribution in [-0.4, -0.2) is 15.0 Å². The van der Waals surface area contributed by atoms with Crippen molar-refractivity contribution in [2.45, 2.75) is 6.54 Å². The van der Waals surface area contributed by atoms with Gasteiger partial charge in [0.1, 0.15) is 5.02 Å². The molecule has 0 aliphatic heterocycles. The van der Waals surface area contributed by atoms with E-state index >= 15 is 0 Å². The van der Waals surface area contributed by atoms with Crippen LogP contribution in [-0.2, 0) is 6.54 Å². The summed E-state index contributed by atoms with van der Waals surface area (Å²) in [7, 11) is 0. The standard InChI is InChI=1S/C10H10ClN5/c11-8-6-15-10(12)16-9(8)14-5-7-2-1-3-13-4-7/h1-4,6H,5H2,(H3,12,14,15,16). The fourth-order valence-electron chi connectivity index (χ4n) is 1.19. The number of hydrogen-bond acceptors (Lipinski definition) is 5. The van der Waals surface area contributed by atoms with Gasteiger partial charge in [-0.3, -0.25) is 4.98 Å². The Hall–Kier alpha value is -1.88. The van der Waals surface area contributed by atoms with Gasteiger partial charge in [-0.15, -0.1) is 0 Å². The minimum Gasteiger partial charge on any atom is -0.368 e. The fraction of sp³-hybridized carbons (Fsp3) is 0.100. The van der Waals surface area contributed by atoms with E-state index in [-0.39, 0.29) is 5.95 Å². The molecule has 0 saturated carbocycles. The largest absolute Gasteiger partial charge is 0.368 e. The maximum Gasteiger partial charge on any atom is 0.222 e. The average molecular weight is 236 g/mol. The lowest BCUT2D eigenvalue weighted by Gasteiger charge is -2.06. The number of nitrogens with one attached hydrogen (secondary N) is 1. The molecule has 16 heavy (non-hydrogen) atoms. The first-order valence-electron chi connectivity index (χ1n) is 4.66. The summed E-state index contributed by atoms with van der Waals surface area (Å²) in [6.45, 7) is 0.587. The zero-order valence-electron chi connectivity index (χ0n) is 8.39. The van der Waals surface area contributed by atoms with E-state index in [1.807, 2.05) is 12.1 Å². The zero-order chi connectivity index (χ0) is 11.4. The Labute approximate surface area is 97.7 Å². The van der Waals surface area contributed by atoms with E-state index in [1.165, 1.54) is 6.20 Å². The zero-order valence-corrected chi connectivity index (χ0v) is 9.15. The Morgan fingerprint density at radius 1 is 1.38 bits per heavy atom. The molecule has 0 unspecified atom stereocenters. The molecule has 0 amide bonds. The maximum absolute atomic E-state index is 5.90. The van der Waals surface area contributed by atoms with E-state index in [0.29, 0.717) is 17.4 Å². The highest BCUT2D eigenvalue weighted by molar-refractivity contribution is 6.32. The normalized spacial score (nSPS) is 10.1. The predicted molar refractivity (Wildman–Crippen MR) is 63.0 cm³/mol. The second-order valence-electron chi connectivity index (χ2n) is 3.14. The molecular weight excluding hydrogens is 226 g/mol. The minimum atomic E-state index is 0.193. The van der Waals surface area contributed by atoms with E-state index in [2.05, 4.69) is 20.3 Å². The van der Waals surface area contributed by atoms with Gasteiger partial charge in [0.05, 0.1) is 6.20 Å². The van der Waals surface area contributed by atoms with Crippen LogP contribution in [0.3, 0.4) is 0 Å². The van der Waals surface area contributed by atoms with Gasteiger partial charge in [-0.1, -0.05) is 17.7 Å². The van der Waals surface area contributed by atoms with Crippen molar-refractivity contribution < 1.29 is 0 Å². The number of anilines is 2. The smallest absolute Gasteiger partial charge is 0.222 e. The molecule has 0 aliphatic rings. The molecule has 0 aromatic carbocycles. The molecule has 2 aromatic rings. The molecular formula is C10H10ClN5. The second kappa shape index (κ2) is 4.76. The number of halogens is 1. The summed E-state index contributed by atoms with van der Waals surface area (Å²) in [5, 5.41) is 3.51. The van der Waals surface area contributed by atoms with Gasteiger partial charge in [0.15, 0.2) is 5.82 Å². The Kier molecular flexibility index (Phi) is 3.16. The van der Waals surface area contributed by atoms with E-state index < -0.39 is 0 Å². The lowest BCUT2D eigenvalue weighted by molar-refractivity contribution is 1.07. The van der Waals surface area contributed by atoms with E-state index in [1.54, 1.807) is 12.4 Å². The molecule has 3 N–H and O–H groups in total. The van der Waals surface area contributed by atoms with Crippen LogP contribution in [0.25, 0.3) is 0 Å². The maximum atomic E-state index is 5.90. The summed E-state index contributed by atoms with van der Waals surface area (Å²) in [6, 6.07) is 3.82. The first-order valence-corrected chi connectivity index (χ1v) is 5.04. The minimum absolute atomic E-state index is 0.193. The van der Waals surface area contributed by atoms with Crippen LogP contribution in [0.5, 0.6) is 0 Å². The van der Waals surface area contributed by atoms with Crippen molar-refractivity contribution in [3.63, 3.8) is 0 Å². The van der Waals surface area contributed by atoms with Crippen molar-refractivity contribution in [2.75, 3.05) is 11.1 Å².